The Labute approximate surface area is 116 Å². The number of hydrogen-bond donors (Lipinski definition) is 1. The van der Waals surface area contributed by atoms with Gasteiger partial charge in [0.2, 0.25) is 5.91 Å². The molecule has 6 heteroatoms. The average Bonchev–Trinajstić information content (AvgIpc) is 3.05. The Balaban J connectivity index is 1.67. The number of hydrogen-bond acceptors (Lipinski definition) is 4. The highest BCUT2D eigenvalue weighted by Crippen LogP contribution is 2.38. The van der Waals surface area contributed by atoms with Crippen molar-refractivity contribution >= 4 is 23.2 Å². The van der Waals surface area contributed by atoms with Crippen LogP contribution in [-0.4, -0.2) is 41.3 Å². The zero-order valence-electron chi connectivity index (χ0n) is 10.8. The lowest BCUT2D eigenvalue weighted by molar-refractivity contribution is -0.124. The van der Waals surface area contributed by atoms with Crippen molar-refractivity contribution in [3.63, 3.8) is 0 Å². The molecule has 2 aliphatic rings. The number of nitrogens with zero attached hydrogens (tertiary/aromatic N) is 2. The minimum Gasteiger partial charge on any atom is -0.356 e. The van der Waals surface area contributed by atoms with E-state index in [1.54, 1.807) is 15.8 Å². The van der Waals surface area contributed by atoms with E-state index in [2.05, 4.69) is 10.3 Å². The molecule has 1 aliphatic heterocycles. The van der Waals surface area contributed by atoms with Crippen molar-refractivity contribution in [1.82, 2.24) is 15.2 Å². The molecule has 0 bridgehead atoms. The van der Waals surface area contributed by atoms with Crippen LogP contribution >= 0.6 is 11.3 Å². The van der Waals surface area contributed by atoms with Gasteiger partial charge in [-0.2, -0.15) is 0 Å². The number of rotatable bonds is 2. The van der Waals surface area contributed by atoms with Crippen LogP contribution in [0.4, 0.5) is 0 Å². The molecule has 1 N–H and O–H groups in total. The van der Waals surface area contributed by atoms with Crippen molar-refractivity contribution < 1.29 is 9.59 Å². The SMILES string of the molecule is CN(C(=O)c1cscn1)[C@H]1C[C@H]2CC(=O)NC[C@H]2C1. The van der Waals surface area contributed by atoms with E-state index in [0.29, 0.717) is 24.0 Å². The zero-order valence-corrected chi connectivity index (χ0v) is 11.7. The summed E-state index contributed by atoms with van der Waals surface area (Å²) in [6.45, 7) is 0.763. The van der Waals surface area contributed by atoms with E-state index in [1.165, 1.54) is 11.3 Å². The van der Waals surface area contributed by atoms with Crippen LogP contribution in [-0.2, 0) is 4.79 Å². The quantitative estimate of drug-likeness (QED) is 0.882. The van der Waals surface area contributed by atoms with Crippen molar-refractivity contribution in [3.8, 4) is 0 Å². The van der Waals surface area contributed by atoms with Gasteiger partial charge in [0.25, 0.3) is 5.91 Å². The molecule has 2 fully saturated rings. The van der Waals surface area contributed by atoms with Gasteiger partial charge in [0, 0.05) is 31.4 Å². The minimum atomic E-state index is -0.0100. The molecule has 102 valence electrons. The van der Waals surface area contributed by atoms with E-state index < -0.39 is 0 Å². The Hall–Kier alpha value is -1.43. The molecule has 1 saturated carbocycles. The predicted octanol–water partition coefficient (Wildman–Crippen LogP) is 1.13. The lowest BCUT2D eigenvalue weighted by atomic mass is 9.89. The number of amides is 2. The fraction of sp³-hybridized carbons (Fsp3) is 0.615. The number of carbonyl (C=O) groups excluding carboxylic acids is 2. The van der Waals surface area contributed by atoms with E-state index in [9.17, 15) is 9.59 Å². The standard InChI is InChI=1S/C13H17N3O2S/c1-16(13(18)11-6-19-7-15-11)10-2-8-4-12(17)14-5-9(8)3-10/h6-10H,2-5H2,1H3,(H,14,17)/t8-,9+,10-/m0/s1. The molecule has 3 atom stereocenters. The van der Waals surface area contributed by atoms with Gasteiger partial charge >= 0.3 is 0 Å². The third kappa shape index (κ3) is 2.36. The van der Waals surface area contributed by atoms with Gasteiger partial charge < -0.3 is 10.2 Å². The number of nitrogens with one attached hydrogen (secondary N) is 1. The fourth-order valence-electron chi connectivity index (χ4n) is 3.22. The topological polar surface area (TPSA) is 62.3 Å². The van der Waals surface area contributed by atoms with Crippen LogP contribution in [0.25, 0.3) is 0 Å². The van der Waals surface area contributed by atoms with E-state index >= 15 is 0 Å². The van der Waals surface area contributed by atoms with Gasteiger partial charge in [-0.05, 0) is 24.7 Å². The smallest absolute Gasteiger partial charge is 0.273 e. The third-order valence-electron chi connectivity index (χ3n) is 4.34. The monoisotopic (exact) mass is 279 g/mol. The Morgan fingerprint density at radius 2 is 2.26 bits per heavy atom. The van der Waals surface area contributed by atoms with Crippen LogP contribution in [0.3, 0.4) is 0 Å². The molecule has 2 heterocycles. The van der Waals surface area contributed by atoms with Crippen LogP contribution in [0.1, 0.15) is 29.8 Å². The second-order valence-electron chi connectivity index (χ2n) is 5.44. The number of fused-ring (bicyclic) bond motifs is 1. The van der Waals surface area contributed by atoms with Gasteiger partial charge in [0.05, 0.1) is 5.51 Å². The highest BCUT2D eigenvalue weighted by atomic mass is 32.1. The van der Waals surface area contributed by atoms with Crippen LogP contribution in [0, 0.1) is 11.8 Å². The molecule has 0 radical (unpaired) electrons. The molecule has 0 spiro atoms. The summed E-state index contributed by atoms with van der Waals surface area (Å²) in [5, 5.41) is 4.70. The zero-order chi connectivity index (χ0) is 13.4. The van der Waals surface area contributed by atoms with Crippen LogP contribution in [0.2, 0.25) is 0 Å². The van der Waals surface area contributed by atoms with Gasteiger partial charge in [0.15, 0.2) is 0 Å². The summed E-state index contributed by atoms with van der Waals surface area (Å²) in [6.07, 6.45) is 2.53. The first kappa shape index (κ1) is 12.6. The molecule has 0 aromatic carbocycles. The Bertz CT molecular complexity index is 488. The van der Waals surface area contributed by atoms with Crippen LogP contribution in [0.5, 0.6) is 0 Å². The van der Waals surface area contributed by atoms with E-state index in [4.69, 9.17) is 0 Å². The van der Waals surface area contributed by atoms with Gasteiger partial charge in [-0.15, -0.1) is 11.3 Å². The Kier molecular flexibility index (Phi) is 3.26. The minimum absolute atomic E-state index is 0.0100. The van der Waals surface area contributed by atoms with E-state index in [-0.39, 0.29) is 17.9 Å². The molecule has 1 aliphatic carbocycles. The third-order valence-corrected chi connectivity index (χ3v) is 4.93. The first-order chi connectivity index (χ1) is 9.15. The molecule has 0 unspecified atom stereocenters. The highest BCUT2D eigenvalue weighted by Gasteiger charge is 2.40. The summed E-state index contributed by atoms with van der Waals surface area (Å²) < 4.78 is 0. The molecule has 3 rings (SSSR count). The predicted molar refractivity (Wildman–Crippen MR) is 71.8 cm³/mol. The molecule has 1 saturated heterocycles. The lowest BCUT2D eigenvalue weighted by Crippen LogP contribution is -2.38. The lowest BCUT2D eigenvalue weighted by Gasteiger charge is -2.24. The van der Waals surface area contributed by atoms with Crippen molar-refractivity contribution in [2.75, 3.05) is 13.6 Å². The van der Waals surface area contributed by atoms with Gasteiger partial charge in [0.1, 0.15) is 5.69 Å². The normalized spacial score (nSPS) is 29.7. The van der Waals surface area contributed by atoms with E-state index in [0.717, 1.165) is 19.4 Å². The molecular formula is C13H17N3O2S. The fourth-order valence-corrected chi connectivity index (χ4v) is 3.74. The van der Waals surface area contributed by atoms with E-state index in [1.807, 2.05) is 7.05 Å². The molecule has 1 aromatic heterocycles. The summed E-state index contributed by atoms with van der Waals surface area (Å²) in [5.41, 5.74) is 2.20. The first-order valence-corrected chi connectivity index (χ1v) is 7.51. The highest BCUT2D eigenvalue weighted by molar-refractivity contribution is 7.07. The number of carbonyl (C=O) groups is 2. The van der Waals surface area contributed by atoms with Crippen molar-refractivity contribution in [2.45, 2.75) is 25.3 Å². The maximum Gasteiger partial charge on any atom is 0.273 e. The summed E-state index contributed by atoms with van der Waals surface area (Å²) in [6, 6.07) is 0.233. The molecule has 5 nitrogen and oxygen atoms in total. The molecular weight excluding hydrogens is 262 g/mol. The Morgan fingerprint density at radius 1 is 1.47 bits per heavy atom. The molecule has 1 aromatic rings. The van der Waals surface area contributed by atoms with Crippen LogP contribution in [0.15, 0.2) is 10.9 Å². The summed E-state index contributed by atoms with van der Waals surface area (Å²) >= 11 is 1.43. The van der Waals surface area contributed by atoms with Crippen LogP contribution < -0.4 is 5.32 Å². The maximum absolute atomic E-state index is 12.3. The van der Waals surface area contributed by atoms with Crippen molar-refractivity contribution in [1.29, 1.82) is 0 Å². The molecule has 2 amide bonds. The first-order valence-electron chi connectivity index (χ1n) is 6.57. The Morgan fingerprint density at radius 3 is 3.00 bits per heavy atom. The maximum atomic E-state index is 12.3. The largest absolute Gasteiger partial charge is 0.356 e. The summed E-state index contributed by atoms with van der Waals surface area (Å²) in [5.74, 6) is 1.09. The second-order valence-corrected chi connectivity index (χ2v) is 6.16. The summed E-state index contributed by atoms with van der Waals surface area (Å²) in [4.78, 5) is 29.5. The van der Waals surface area contributed by atoms with Gasteiger partial charge in [-0.1, -0.05) is 0 Å². The number of piperidine rings is 1. The van der Waals surface area contributed by atoms with Gasteiger partial charge in [-0.3, -0.25) is 9.59 Å². The van der Waals surface area contributed by atoms with Crippen molar-refractivity contribution in [3.05, 3.63) is 16.6 Å². The van der Waals surface area contributed by atoms with Crippen molar-refractivity contribution in [2.24, 2.45) is 11.8 Å². The second kappa shape index (κ2) is 4.92. The average molecular weight is 279 g/mol. The number of aromatic nitrogens is 1. The number of thiazole rings is 1. The van der Waals surface area contributed by atoms with Gasteiger partial charge in [-0.25, -0.2) is 4.98 Å². The molecule has 19 heavy (non-hydrogen) atoms. The summed E-state index contributed by atoms with van der Waals surface area (Å²) in [7, 11) is 1.85.